The summed E-state index contributed by atoms with van der Waals surface area (Å²) in [6.45, 7) is 0. The van der Waals surface area contributed by atoms with E-state index in [4.69, 9.17) is 23.2 Å². The molecule has 3 nitrogen and oxygen atoms in total. The SMILES string of the molecule is Fc1ccccc1-c1c(Cl)nc(-c2cncs2)nc1Cl. The number of thiazole rings is 1. The first kappa shape index (κ1) is 13.4. The minimum Gasteiger partial charge on any atom is -0.252 e. The molecule has 0 bridgehead atoms. The Morgan fingerprint density at radius 2 is 1.75 bits per heavy atom. The zero-order valence-electron chi connectivity index (χ0n) is 9.85. The quantitative estimate of drug-likeness (QED) is 0.640. The first-order valence-electron chi connectivity index (χ1n) is 5.53. The number of rotatable bonds is 2. The molecule has 3 rings (SSSR count). The lowest BCUT2D eigenvalue weighted by molar-refractivity contribution is 0.631. The van der Waals surface area contributed by atoms with E-state index in [1.807, 2.05) is 0 Å². The number of hydrogen-bond acceptors (Lipinski definition) is 4. The van der Waals surface area contributed by atoms with Crippen LogP contribution in [0.15, 0.2) is 36.0 Å². The van der Waals surface area contributed by atoms with Crippen molar-refractivity contribution in [3.05, 3.63) is 52.1 Å². The summed E-state index contributed by atoms with van der Waals surface area (Å²) in [5.74, 6) is -0.0481. The van der Waals surface area contributed by atoms with Crippen LogP contribution in [-0.2, 0) is 0 Å². The highest BCUT2D eigenvalue weighted by Gasteiger charge is 2.17. The molecule has 0 aliphatic heterocycles. The molecular formula is C13H6Cl2FN3S. The third-order valence-corrected chi connectivity index (χ3v) is 3.93. The second-order valence-corrected chi connectivity index (χ2v) is 5.45. The van der Waals surface area contributed by atoms with E-state index in [9.17, 15) is 4.39 Å². The number of nitrogens with zero attached hydrogens (tertiary/aromatic N) is 3. The van der Waals surface area contributed by atoms with Crippen LogP contribution in [0.4, 0.5) is 4.39 Å². The molecule has 100 valence electrons. The third kappa shape index (κ3) is 2.40. The summed E-state index contributed by atoms with van der Waals surface area (Å²) in [5, 5.41) is 0.219. The van der Waals surface area contributed by atoms with Gasteiger partial charge in [-0.05, 0) is 6.07 Å². The highest BCUT2D eigenvalue weighted by molar-refractivity contribution is 7.13. The molecule has 0 saturated carbocycles. The van der Waals surface area contributed by atoms with E-state index in [-0.39, 0.29) is 15.9 Å². The molecule has 0 atom stereocenters. The predicted molar refractivity (Wildman–Crippen MR) is 78.6 cm³/mol. The van der Waals surface area contributed by atoms with Crippen molar-refractivity contribution in [1.82, 2.24) is 15.0 Å². The van der Waals surface area contributed by atoms with E-state index in [2.05, 4.69) is 15.0 Å². The van der Waals surface area contributed by atoms with Gasteiger partial charge in [-0.15, -0.1) is 11.3 Å². The number of benzene rings is 1. The Morgan fingerprint density at radius 1 is 1.05 bits per heavy atom. The first-order valence-corrected chi connectivity index (χ1v) is 7.17. The van der Waals surface area contributed by atoms with Crippen molar-refractivity contribution in [3.8, 4) is 21.8 Å². The van der Waals surface area contributed by atoms with Gasteiger partial charge in [0.15, 0.2) is 5.82 Å². The van der Waals surface area contributed by atoms with Crippen LogP contribution in [0.3, 0.4) is 0 Å². The highest BCUT2D eigenvalue weighted by atomic mass is 35.5. The van der Waals surface area contributed by atoms with Crippen molar-refractivity contribution >= 4 is 34.5 Å². The summed E-state index contributed by atoms with van der Waals surface area (Å²) >= 11 is 13.7. The van der Waals surface area contributed by atoms with E-state index in [0.717, 1.165) is 4.88 Å². The van der Waals surface area contributed by atoms with Crippen molar-refractivity contribution in [2.24, 2.45) is 0 Å². The van der Waals surface area contributed by atoms with Gasteiger partial charge < -0.3 is 0 Å². The fourth-order valence-corrected chi connectivity index (χ4v) is 2.88. The number of halogens is 3. The van der Waals surface area contributed by atoms with E-state index in [1.54, 1.807) is 29.9 Å². The largest absolute Gasteiger partial charge is 0.252 e. The Bertz CT molecular complexity index is 739. The second-order valence-electron chi connectivity index (χ2n) is 3.85. The monoisotopic (exact) mass is 325 g/mol. The van der Waals surface area contributed by atoms with Crippen LogP contribution in [0.2, 0.25) is 10.3 Å². The number of hydrogen-bond donors (Lipinski definition) is 0. The smallest absolute Gasteiger partial charge is 0.174 e. The van der Waals surface area contributed by atoms with Crippen LogP contribution in [0, 0.1) is 5.82 Å². The van der Waals surface area contributed by atoms with Gasteiger partial charge in [-0.3, -0.25) is 4.98 Å². The van der Waals surface area contributed by atoms with Gasteiger partial charge in [0.1, 0.15) is 16.1 Å². The van der Waals surface area contributed by atoms with Crippen molar-refractivity contribution < 1.29 is 4.39 Å². The Morgan fingerprint density at radius 3 is 2.35 bits per heavy atom. The molecule has 0 radical (unpaired) electrons. The average molecular weight is 326 g/mol. The fraction of sp³-hybridized carbons (Fsp3) is 0. The van der Waals surface area contributed by atoms with Gasteiger partial charge in [-0.2, -0.15) is 0 Å². The average Bonchev–Trinajstić information content (AvgIpc) is 2.94. The van der Waals surface area contributed by atoms with E-state index in [0.29, 0.717) is 11.4 Å². The molecule has 0 fully saturated rings. The van der Waals surface area contributed by atoms with E-state index >= 15 is 0 Å². The first-order chi connectivity index (χ1) is 9.66. The molecule has 0 aliphatic rings. The standard InChI is InChI=1S/C13H6Cl2FN3S/c14-11-10(7-3-1-2-4-8(7)16)12(15)19-13(18-11)9-5-17-6-20-9/h1-6H. The molecule has 3 aromatic rings. The van der Waals surface area contributed by atoms with Crippen LogP contribution in [0.1, 0.15) is 0 Å². The summed E-state index contributed by atoms with van der Waals surface area (Å²) in [4.78, 5) is 13.0. The molecule has 1 aromatic carbocycles. The summed E-state index contributed by atoms with van der Waals surface area (Å²) in [6.07, 6.45) is 1.62. The molecular weight excluding hydrogens is 320 g/mol. The molecule has 2 aromatic heterocycles. The summed E-state index contributed by atoms with van der Waals surface area (Å²) in [5.41, 5.74) is 2.23. The Balaban J connectivity index is 2.17. The van der Waals surface area contributed by atoms with Crippen LogP contribution < -0.4 is 0 Å². The maximum Gasteiger partial charge on any atom is 0.174 e. The Labute approximate surface area is 128 Å². The molecule has 20 heavy (non-hydrogen) atoms. The molecule has 0 unspecified atom stereocenters. The lowest BCUT2D eigenvalue weighted by Crippen LogP contribution is -1.95. The zero-order chi connectivity index (χ0) is 14.1. The van der Waals surface area contributed by atoms with Gasteiger partial charge in [0, 0.05) is 11.8 Å². The van der Waals surface area contributed by atoms with Crippen molar-refractivity contribution in [3.63, 3.8) is 0 Å². The van der Waals surface area contributed by atoms with E-state index in [1.165, 1.54) is 17.4 Å². The maximum atomic E-state index is 13.8. The third-order valence-electron chi connectivity index (χ3n) is 2.62. The Hall–Kier alpha value is -1.56. The predicted octanol–water partition coefficient (Wildman–Crippen LogP) is 4.71. The van der Waals surface area contributed by atoms with Crippen molar-refractivity contribution in [2.75, 3.05) is 0 Å². The maximum absolute atomic E-state index is 13.8. The van der Waals surface area contributed by atoms with Crippen LogP contribution in [0.25, 0.3) is 21.8 Å². The van der Waals surface area contributed by atoms with Crippen LogP contribution in [0.5, 0.6) is 0 Å². The lowest BCUT2D eigenvalue weighted by atomic mass is 10.1. The van der Waals surface area contributed by atoms with Crippen molar-refractivity contribution in [2.45, 2.75) is 0 Å². The minimum atomic E-state index is -0.426. The summed E-state index contributed by atoms with van der Waals surface area (Å²) in [7, 11) is 0. The summed E-state index contributed by atoms with van der Waals surface area (Å²) < 4.78 is 13.8. The highest BCUT2D eigenvalue weighted by Crippen LogP contribution is 2.35. The van der Waals surface area contributed by atoms with Crippen molar-refractivity contribution in [1.29, 1.82) is 0 Å². The lowest BCUT2D eigenvalue weighted by Gasteiger charge is -2.08. The zero-order valence-corrected chi connectivity index (χ0v) is 12.2. The minimum absolute atomic E-state index is 0.110. The normalized spacial score (nSPS) is 10.8. The molecule has 0 amide bonds. The van der Waals surface area contributed by atoms with Gasteiger partial charge in [0.25, 0.3) is 0 Å². The van der Waals surface area contributed by atoms with Crippen LogP contribution in [-0.4, -0.2) is 15.0 Å². The van der Waals surface area contributed by atoms with E-state index < -0.39 is 5.82 Å². The van der Waals surface area contributed by atoms with Crippen LogP contribution >= 0.6 is 34.5 Å². The van der Waals surface area contributed by atoms with Gasteiger partial charge in [-0.25, -0.2) is 14.4 Å². The van der Waals surface area contributed by atoms with Gasteiger partial charge in [0.05, 0.1) is 16.0 Å². The number of aromatic nitrogens is 3. The molecule has 0 saturated heterocycles. The molecule has 2 heterocycles. The van der Waals surface area contributed by atoms with Gasteiger partial charge in [-0.1, -0.05) is 41.4 Å². The topological polar surface area (TPSA) is 38.7 Å². The van der Waals surface area contributed by atoms with Gasteiger partial charge in [0.2, 0.25) is 0 Å². The molecule has 7 heteroatoms. The fourth-order valence-electron chi connectivity index (χ4n) is 1.73. The molecule has 0 aliphatic carbocycles. The molecule has 0 N–H and O–H groups in total. The second kappa shape index (κ2) is 5.44. The molecule has 0 spiro atoms. The van der Waals surface area contributed by atoms with Gasteiger partial charge >= 0.3 is 0 Å². The summed E-state index contributed by atoms with van der Waals surface area (Å²) in [6, 6.07) is 6.20. The Kier molecular flexibility index (Phi) is 3.65.